The zero-order valence-electron chi connectivity index (χ0n) is 8.02. The van der Waals surface area contributed by atoms with Gasteiger partial charge in [-0.25, -0.2) is 0 Å². The second-order valence-electron chi connectivity index (χ2n) is 2.99. The number of nitrogens with zero attached hydrogens (tertiary/aromatic N) is 1. The normalized spacial score (nSPS) is 9.80. The van der Waals surface area contributed by atoms with Crippen LogP contribution >= 0.6 is 0 Å². The fourth-order valence-electron chi connectivity index (χ4n) is 0.129. The van der Waals surface area contributed by atoms with Crippen LogP contribution in [0.25, 0.3) is 0 Å². The summed E-state index contributed by atoms with van der Waals surface area (Å²) in [6, 6.07) is 2.24. The zero-order chi connectivity index (χ0) is 8.78. The first-order valence-electron chi connectivity index (χ1n) is 3.92. The lowest BCUT2D eigenvalue weighted by atomic mass is 9.83. The first kappa shape index (κ1) is 12.2. The van der Waals surface area contributed by atoms with Crippen LogP contribution in [0.5, 0.6) is 0 Å². The van der Waals surface area contributed by atoms with E-state index < -0.39 is 0 Å². The van der Waals surface area contributed by atoms with E-state index in [2.05, 4.69) is 19.9 Å². The Labute approximate surface area is 65.1 Å². The third kappa shape index (κ3) is 4.38. The highest BCUT2D eigenvalue weighted by Gasteiger charge is 2.20. The van der Waals surface area contributed by atoms with Crippen LogP contribution in [-0.2, 0) is 0 Å². The highest BCUT2D eigenvalue weighted by Crippen LogP contribution is 2.23. The van der Waals surface area contributed by atoms with Crippen molar-refractivity contribution in [2.45, 2.75) is 41.5 Å². The van der Waals surface area contributed by atoms with Gasteiger partial charge in [0.15, 0.2) is 0 Å². The van der Waals surface area contributed by atoms with Crippen molar-refractivity contribution in [3.63, 3.8) is 0 Å². The van der Waals surface area contributed by atoms with Crippen molar-refractivity contribution in [1.82, 2.24) is 0 Å². The van der Waals surface area contributed by atoms with E-state index >= 15 is 0 Å². The molecule has 0 radical (unpaired) electrons. The summed E-state index contributed by atoms with van der Waals surface area (Å²) >= 11 is 0. The molecule has 10 heavy (non-hydrogen) atoms. The van der Waals surface area contributed by atoms with Gasteiger partial charge < -0.3 is 0 Å². The molecule has 0 unspecified atom stereocenters. The van der Waals surface area contributed by atoms with E-state index in [0.717, 1.165) is 0 Å². The number of nitriles is 1. The van der Waals surface area contributed by atoms with Crippen LogP contribution in [-0.4, -0.2) is 0 Å². The molecule has 0 bridgehead atoms. The lowest BCUT2D eigenvalue weighted by Crippen LogP contribution is -2.15. The molecule has 0 aliphatic rings. The first-order valence-corrected chi connectivity index (χ1v) is 3.92. The van der Waals surface area contributed by atoms with Crippen molar-refractivity contribution < 1.29 is 0 Å². The maximum Gasteiger partial charge on any atom is 0.0686 e. The van der Waals surface area contributed by atoms with E-state index in [1.165, 1.54) is 0 Å². The maximum atomic E-state index is 8.51. The van der Waals surface area contributed by atoms with Gasteiger partial charge in [0.2, 0.25) is 0 Å². The Kier molecular flexibility index (Phi) is 6.45. The van der Waals surface area contributed by atoms with Gasteiger partial charge in [-0.05, 0) is 19.8 Å². The van der Waals surface area contributed by atoms with Gasteiger partial charge in [-0.3, -0.25) is 0 Å². The molecule has 0 amide bonds. The van der Waals surface area contributed by atoms with Crippen molar-refractivity contribution in [3.05, 3.63) is 0 Å². The van der Waals surface area contributed by atoms with Gasteiger partial charge in [0.05, 0.1) is 11.5 Å². The van der Waals surface area contributed by atoms with Crippen LogP contribution in [0.1, 0.15) is 41.5 Å². The molecular weight excluding hydrogens is 122 g/mol. The van der Waals surface area contributed by atoms with Crippen LogP contribution in [0.15, 0.2) is 0 Å². The molecule has 0 aliphatic carbocycles. The predicted octanol–water partition coefficient (Wildman–Crippen LogP) is 3.22. The van der Waals surface area contributed by atoms with Crippen LogP contribution in [0.4, 0.5) is 0 Å². The van der Waals surface area contributed by atoms with Gasteiger partial charge in [0, 0.05) is 0 Å². The average molecular weight is 141 g/mol. The van der Waals surface area contributed by atoms with E-state index in [-0.39, 0.29) is 5.41 Å². The van der Waals surface area contributed by atoms with Crippen LogP contribution < -0.4 is 0 Å². The average Bonchev–Trinajstić information content (AvgIpc) is 1.92. The minimum Gasteiger partial charge on any atom is -0.198 e. The molecule has 0 N–H and O–H groups in total. The summed E-state index contributed by atoms with van der Waals surface area (Å²) < 4.78 is 0. The number of hydrogen-bond donors (Lipinski definition) is 0. The molecule has 0 heterocycles. The molecule has 0 spiro atoms. The highest BCUT2D eigenvalue weighted by atomic mass is 14.3. The molecular formula is C9H19N. The summed E-state index contributed by atoms with van der Waals surface area (Å²) in [6.07, 6.45) is 0. The van der Waals surface area contributed by atoms with Crippen molar-refractivity contribution in [3.8, 4) is 6.07 Å². The summed E-state index contributed by atoms with van der Waals surface area (Å²) in [5, 5.41) is 8.51. The van der Waals surface area contributed by atoms with Crippen LogP contribution in [0.3, 0.4) is 0 Å². The fourth-order valence-corrected chi connectivity index (χ4v) is 0.129. The standard InChI is InChI=1S/C7H13N.C2H6/c1-6(2)7(3,4)5-8;1-2/h6H,1-4H3;1-2H3. The molecule has 0 fully saturated rings. The third-order valence-corrected chi connectivity index (χ3v) is 1.73. The number of hydrogen-bond acceptors (Lipinski definition) is 1. The van der Waals surface area contributed by atoms with Gasteiger partial charge in [-0.2, -0.15) is 5.26 Å². The smallest absolute Gasteiger partial charge is 0.0686 e. The Bertz CT molecular complexity index is 106. The topological polar surface area (TPSA) is 23.8 Å². The molecule has 0 atom stereocenters. The van der Waals surface area contributed by atoms with Gasteiger partial charge in [-0.15, -0.1) is 0 Å². The molecule has 0 saturated carbocycles. The van der Waals surface area contributed by atoms with E-state index in [0.29, 0.717) is 5.92 Å². The van der Waals surface area contributed by atoms with Gasteiger partial charge >= 0.3 is 0 Å². The van der Waals surface area contributed by atoms with Crippen LogP contribution in [0, 0.1) is 22.7 Å². The predicted molar refractivity (Wildman–Crippen MR) is 45.6 cm³/mol. The van der Waals surface area contributed by atoms with E-state index in [1.54, 1.807) is 0 Å². The van der Waals surface area contributed by atoms with E-state index in [4.69, 9.17) is 5.26 Å². The third-order valence-electron chi connectivity index (χ3n) is 1.73. The lowest BCUT2D eigenvalue weighted by Gasteiger charge is -2.18. The van der Waals surface area contributed by atoms with Crippen LogP contribution in [0.2, 0.25) is 0 Å². The number of rotatable bonds is 1. The van der Waals surface area contributed by atoms with Crippen molar-refractivity contribution >= 4 is 0 Å². The second-order valence-corrected chi connectivity index (χ2v) is 2.99. The van der Waals surface area contributed by atoms with Gasteiger partial charge in [-0.1, -0.05) is 27.7 Å². The van der Waals surface area contributed by atoms with Gasteiger partial charge in [0.25, 0.3) is 0 Å². The summed E-state index contributed by atoms with van der Waals surface area (Å²) in [6.45, 7) is 12.0. The van der Waals surface area contributed by atoms with E-state index in [1.807, 2.05) is 27.7 Å². The first-order chi connectivity index (χ1) is 4.50. The Morgan fingerprint density at radius 3 is 1.50 bits per heavy atom. The largest absolute Gasteiger partial charge is 0.198 e. The summed E-state index contributed by atoms with van der Waals surface area (Å²) in [5.74, 6) is 0.451. The minimum atomic E-state index is -0.153. The Hall–Kier alpha value is -0.510. The molecule has 1 heteroatoms. The molecule has 0 aromatic rings. The summed E-state index contributed by atoms with van der Waals surface area (Å²) in [7, 11) is 0. The minimum absolute atomic E-state index is 0.153. The van der Waals surface area contributed by atoms with Crippen molar-refractivity contribution in [2.75, 3.05) is 0 Å². The molecule has 0 aromatic heterocycles. The molecule has 0 aliphatic heterocycles. The quantitative estimate of drug-likeness (QED) is 0.550. The molecule has 60 valence electrons. The monoisotopic (exact) mass is 141 g/mol. The fraction of sp³-hybridized carbons (Fsp3) is 0.889. The maximum absolute atomic E-state index is 8.51. The zero-order valence-corrected chi connectivity index (χ0v) is 8.02. The molecule has 0 saturated heterocycles. The van der Waals surface area contributed by atoms with Crippen molar-refractivity contribution in [1.29, 1.82) is 5.26 Å². The van der Waals surface area contributed by atoms with Gasteiger partial charge in [0.1, 0.15) is 0 Å². The Balaban J connectivity index is 0. The summed E-state index contributed by atoms with van der Waals surface area (Å²) in [5.41, 5.74) is -0.153. The second kappa shape index (κ2) is 5.29. The molecule has 0 rings (SSSR count). The Morgan fingerprint density at radius 2 is 1.50 bits per heavy atom. The Morgan fingerprint density at radius 1 is 1.20 bits per heavy atom. The summed E-state index contributed by atoms with van der Waals surface area (Å²) in [4.78, 5) is 0. The van der Waals surface area contributed by atoms with E-state index in [9.17, 15) is 0 Å². The SMILES string of the molecule is CC.CC(C)C(C)(C)C#N. The molecule has 0 aromatic carbocycles. The lowest BCUT2D eigenvalue weighted by molar-refractivity contribution is 0.345. The highest BCUT2D eigenvalue weighted by molar-refractivity contribution is 4.93. The van der Waals surface area contributed by atoms with Crippen molar-refractivity contribution in [2.24, 2.45) is 11.3 Å². The molecule has 1 nitrogen and oxygen atoms in total.